The number of carbonyl (C=O) groups is 1. The highest BCUT2D eigenvalue weighted by Crippen LogP contribution is 2.30. The number of nitrogens with one attached hydrogen (secondary N) is 1. The molecule has 32 heavy (non-hydrogen) atoms. The number of hydrogen-bond donors (Lipinski definition) is 1. The lowest BCUT2D eigenvalue weighted by molar-refractivity contribution is 0.0520. The molecule has 0 aliphatic carbocycles. The predicted molar refractivity (Wildman–Crippen MR) is 114 cm³/mol. The number of aryl methyl sites for hydroxylation is 1. The van der Waals surface area contributed by atoms with Gasteiger partial charge in [0.2, 0.25) is 5.95 Å². The number of rotatable bonds is 6. The Balaban J connectivity index is 1.55. The highest BCUT2D eigenvalue weighted by atomic mass is 19.1. The third kappa shape index (κ3) is 3.43. The summed E-state index contributed by atoms with van der Waals surface area (Å²) in [5.41, 5.74) is 3.52. The molecular formula is C22H21FN6O3. The molecule has 0 spiro atoms. The summed E-state index contributed by atoms with van der Waals surface area (Å²) in [5.74, 6) is 0.291. The van der Waals surface area contributed by atoms with Gasteiger partial charge in [-0.25, -0.2) is 24.1 Å². The fourth-order valence-corrected chi connectivity index (χ4v) is 3.81. The van der Waals surface area contributed by atoms with E-state index in [1.807, 2.05) is 13.1 Å². The zero-order chi connectivity index (χ0) is 22.2. The number of halogens is 1. The fourth-order valence-electron chi connectivity index (χ4n) is 3.81. The van der Waals surface area contributed by atoms with Crippen LogP contribution in [0.2, 0.25) is 0 Å². The topological polar surface area (TPSA) is 95.6 Å². The van der Waals surface area contributed by atoms with Crippen LogP contribution >= 0.6 is 0 Å². The molecule has 0 unspecified atom stereocenters. The van der Waals surface area contributed by atoms with Crippen molar-refractivity contribution in [3.8, 4) is 11.4 Å². The van der Waals surface area contributed by atoms with Crippen LogP contribution in [0.3, 0.4) is 0 Å². The molecule has 3 aromatic heterocycles. The van der Waals surface area contributed by atoms with Crippen molar-refractivity contribution in [1.29, 1.82) is 0 Å². The van der Waals surface area contributed by atoms with Gasteiger partial charge in [0, 0.05) is 36.5 Å². The third-order valence-electron chi connectivity index (χ3n) is 5.31. The smallest absolute Gasteiger partial charge is 0.358 e. The third-order valence-corrected chi connectivity index (χ3v) is 5.31. The monoisotopic (exact) mass is 436 g/mol. The highest BCUT2D eigenvalue weighted by molar-refractivity contribution is 5.88. The molecule has 1 aliphatic rings. The summed E-state index contributed by atoms with van der Waals surface area (Å²) in [7, 11) is 0. The number of benzene rings is 1. The van der Waals surface area contributed by atoms with Crippen molar-refractivity contribution in [2.75, 3.05) is 18.5 Å². The molecule has 0 radical (unpaired) electrons. The van der Waals surface area contributed by atoms with Gasteiger partial charge in [0.25, 0.3) is 0 Å². The second-order valence-corrected chi connectivity index (χ2v) is 7.38. The Kier molecular flexibility index (Phi) is 4.96. The maximum Gasteiger partial charge on any atom is 0.358 e. The Hall–Kier alpha value is -3.95. The van der Waals surface area contributed by atoms with Crippen LogP contribution in [0, 0.1) is 12.7 Å². The zero-order valence-corrected chi connectivity index (χ0v) is 17.6. The molecule has 9 nitrogen and oxygen atoms in total. The van der Waals surface area contributed by atoms with Crippen molar-refractivity contribution >= 4 is 17.6 Å². The maximum atomic E-state index is 14.5. The standard InChI is InChI=1S/C22H21FN6O3/c1-3-31-21(30)17-11-29-20(27-17)18(28-10-13(2)26-12-28)9-25-22(29)24-8-15-14-6-7-32-19(14)5-4-16(15)23/h4-5,9-12H,3,6-8H2,1-2H3,(H,24,25). The van der Waals surface area contributed by atoms with Crippen molar-refractivity contribution in [3.63, 3.8) is 0 Å². The Bertz CT molecular complexity index is 1330. The van der Waals surface area contributed by atoms with Gasteiger partial charge in [0.05, 0.1) is 31.4 Å². The van der Waals surface area contributed by atoms with Crippen molar-refractivity contribution in [2.45, 2.75) is 26.8 Å². The van der Waals surface area contributed by atoms with Crippen molar-refractivity contribution in [1.82, 2.24) is 23.9 Å². The Morgan fingerprint density at radius 3 is 2.97 bits per heavy atom. The van der Waals surface area contributed by atoms with E-state index in [-0.39, 0.29) is 24.7 Å². The van der Waals surface area contributed by atoms with Crippen LogP contribution in [0.4, 0.5) is 10.3 Å². The SMILES string of the molecule is CCOC(=O)c1cn2c(NCc3c(F)ccc4c3CCO4)ncc(-n3cnc(C)c3)c2n1. The van der Waals surface area contributed by atoms with Gasteiger partial charge < -0.3 is 19.4 Å². The van der Waals surface area contributed by atoms with Crippen LogP contribution in [0.5, 0.6) is 5.75 Å². The van der Waals surface area contributed by atoms with Gasteiger partial charge in [-0.05, 0) is 26.0 Å². The van der Waals surface area contributed by atoms with Crippen LogP contribution in [-0.4, -0.2) is 43.1 Å². The van der Waals surface area contributed by atoms with E-state index in [4.69, 9.17) is 9.47 Å². The molecule has 5 rings (SSSR count). The summed E-state index contributed by atoms with van der Waals surface area (Å²) < 4.78 is 28.6. The van der Waals surface area contributed by atoms with Gasteiger partial charge in [-0.2, -0.15) is 0 Å². The zero-order valence-electron chi connectivity index (χ0n) is 17.6. The van der Waals surface area contributed by atoms with E-state index in [1.165, 1.54) is 6.07 Å². The first kappa shape index (κ1) is 20.0. The summed E-state index contributed by atoms with van der Waals surface area (Å²) in [6.07, 6.45) is 7.34. The molecule has 0 fully saturated rings. The number of ether oxygens (including phenoxy) is 2. The molecule has 10 heteroatoms. The van der Waals surface area contributed by atoms with Gasteiger partial charge in [-0.1, -0.05) is 0 Å². The number of fused-ring (bicyclic) bond motifs is 2. The second kappa shape index (κ2) is 7.95. The predicted octanol–water partition coefficient (Wildman–Crippen LogP) is 3.09. The molecule has 1 aromatic carbocycles. The lowest BCUT2D eigenvalue weighted by Crippen LogP contribution is -2.10. The van der Waals surface area contributed by atoms with E-state index in [2.05, 4.69) is 20.3 Å². The number of esters is 1. The number of imidazole rings is 2. The van der Waals surface area contributed by atoms with Crippen LogP contribution in [0.1, 0.15) is 34.2 Å². The molecular weight excluding hydrogens is 415 g/mol. The van der Waals surface area contributed by atoms with Crippen LogP contribution in [-0.2, 0) is 17.7 Å². The van der Waals surface area contributed by atoms with Gasteiger partial charge in [-0.3, -0.25) is 4.40 Å². The number of carbonyl (C=O) groups excluding carboxylic acids is 1. The van der Waals surface area contributed by atoms with Gasteiger partial charge in [-0.15, -0.1) is 0 Å². The molecule has 0 bridgehead atoms. The Morgan fingerprint density at radius 1 is 1.31 bits per heavy atom. The number of hydrogen-bond acceptors (Lipinski definition) is 7. The van der Waals surface area contributed by atoms with E-state index in [1.54, 1.807) is 40.7 Å². The minimum atomic E-state index is -0.529. The Morgan fingerprint density at radius 2 is 2.19 bits per heavy atom. The Labute approximate surface area is 182 Å². The molecule has 164 valence electrons. The quantitative estimate of drug-likeness (QED) is 0.464. The van der Waals surface area contributed by atoms with Crippen LogP contribution in [0.25, 0.3) is 11.3 Å². The maximum absolute atomic E-state index is 14.5. The normalized spacial score (nSPS) is 12.6. The molecule has 1 aliphatic heterocycles. The first-order chi connectivity index (χ1) is 15.5. The number of anilines is 1. The summed E-state index contributed by atoms with van der Waals surface area (Å²) in [6, 6.07) is 3.06. The van der Waals surface area contributed by atoms with Crippen LogP contribution in [0.15, 0.2) is 37.1 Å². The van der Waals surface area contributed by atoms with Crippen molar-refractivity contribution in [3.05, 3.63) is 65.4 Å². The van der Waals surface area contributed by atoms with Crippen molar-refractivity contribution < 1.29 is 18.7 Å². The van der Waals surface area contributed by atoms with E-state index >= 15 is 0 Å². The largest absolute Gasteiger partial charge is 0.493 e. The lowest BCUT2D eigenvalue weighted by atomic mass is 10.0. The molecule has 0 amide bonds. The van der Waals surface area contributed by atoms with E-state index in [9.17, 15) is 9.18 Å². The summed E-state index contributed by atoms with van der Waals surface area (Å²) in [5, 5.41) is 3.18. The lowest BCUT2D eigenvalue weighted by Gasteiger charge is -2.13. The molecule has 4 heterocycles. The summed E-state index contributed by atoms with van der Waals surface area (Å²) >= 11 is 0. The first-order valence-corrected chi connectivity index (χ1v) is 10.3. The van der Waals surface area contributed by atoms with E-state index in [0.29, 0.717) is 41.6 Å². The summed E-state index contributed by atoms with van der Waals surface area (Å²) in [4.78, 5) is 25.5. The first-order valence-electron chi connectivity index (χ1n) is 10.3. The minimum Gasteiger partial charge on any atom is -0.493 e. The van der Waals surface area contributed by atoms with Crippen LogP contribution < -0.4 is 10.1 Å². The second-order valence-electron chi connectivity index (χ2n) is 7.38. The number of nitrogens with zero attached hydrogens (tertiary/aromatic N) is 5. The molecule has 0 saturated heterocycles. The average molecular weight is 436 g/mol. The molecule has 4 aromatic rings. The summed E-state index contributed by atoms with van der Waals surface area (Å²) in [6.45, 7) is 4.60. The molecule has 0 atom stereocenters. The molecule has 1 N–H and O–H groups in total. The van der Waals surface area contributed by atoms with E-state index < -0.39 is 5.97 Å². The minimum absolute atomic E-state index is 0.154. The van der Waals surface area contributed by atoms with E-state index in [0.717, 1.165) is 11.3 Å². The molecule has 0 saturated carbocycles. The highest BCUT2D eigenvalue weighted by Gasteiger charge is 2.21. The number of aromatic nitrogens is 5. The van der Waals surface area contributed by atoms with Gasteiger partial charge in [0.1, 0.15) is 17.3 Å². The van der Waals surface area contributed by atoms with Gasteiger partial charge >= 0.3 is 5.97 Å². The average Bonchev–Trinajstić information content (AvgIpc) is 3.52. The van der Waals surface area contributed by atoms with Gasteiger partial charge in [0.15, 0.2) is 11.3 Å². The fraction of sp³-hybridized carbons (Fsp3) is 0.273. The van der Waals surface area contributed by atoms with Crippen molar-refractivity contribution in [2.24, 2.45) is 0 Å².